The Morgan fingerprint density at radius 2 is 2.05 bits per heavy atom. The van der Waals surface area contributed by atoms with Gasteiger partial charge in [-0.1, -0.05) is 29.8 Å². The number of aryl methyl sites for hydroxylation is 1. The van der Waals surface area contributed by atoms with Gasteiger partial charge in [-0.3, -0.25) is 4.79 Å². The molecule has 1 aromatic carbocycles. The summed E-state index contributed by atoms with van der Waals surface area (Å²) in [5.41, 5.74) is 2.44. The summed E-state index contributed by atoms with van der Waals surface area (Å²) < 4.78 is 22.6. The van der Waals surface area contributed by atoms with E-state index in [1.807, 2.05) is 6.92 Å². The molecule has 1 aliphatic rings. The Morgan fingerprint density at radius 1 is 1.33 bits per heavy atom. The van der Waals surface area contributed by atoms with Crippen LogP contribution in [0.5, 0.6) is 0 Å². The van der Waals surface area contributed by atoms with Crippen molar-refractivity contribution in [1.29, 1.82) is 0 Å². The minimum absolute atomic E-state index is 0.0172. The average molecular weight is 327 g/mol. The molecule has 1 saturated heterocycles. The number of carbonyl (C=O) groups excluding carboxylic acids is 1. The second-order valence-electron chi connectivity index (χ2n) is 5.55. The van der Waals surface area contributed by atoms with Gasteiger partial charge in [-0.25, -0.2) is 8.42 Å². The summed E-state index contributed by atoms with van der Waals surface area (Å²) in [7, 11) is -2.86. The van der Waals surface area contributed by atoms with Crippen molar-refractivity contribution in [2.24, 2.45) is 5.92 Å². The molecule has 0 aliphatic carbocycles. The number of benzene rings is 1. The molecular formula is C15H21NO3S2. The van der Waals surface area contributed by atoms with Gasteiger partial charge in [0.25, 0.3) is 0 Å². The van der Waals surface area contributed by atoms with Crippen LogP contribution in [0.2, 0.25) is 0 Å². The molecule has 21 heavy (non-hydrogen) atoms. The first-order chi connectivity index (χ1) is 9.94. The minimum Gasteiger partial charge on any atom is -0.355 e. The highest BCUT2D eigenvalue weighted by Crippen LogP contribution is 2.17. The Balaban J connectivity index is 1.63. The number of nitrogens with one attached hydrogen (secondary N) is 1. The van der Waals surface area contributed by atoms with Crippen LogP contribution < -0.4 is 5.32 Å². The Labute approximate surface area is 130 Å². The molecule has 1 aromatic rings. The highest BCUT2D eigenvalue weighted by Gasteiger charge is 2.27. The van der Waals surface area contributed by atoms with Crippen molar-refractivity contribution in [1.82, 2.24) is 5.32 Å². The van der Waals surface area contributed by atoms with Crippen LogP contribution in [0.3, 0.4) is 0 Å². The molecule has 0 radical (unpaired) electrons. The van der Waals surface area contributed by atoms with Crippen LogP contribution in [0.4, 0.5) is 0 Å². The fourth-order valence-electron chi connectivity index (χ4n) is 2.29. The Kier molecular flexibility index (Phi) is 5.70. The first kappa shape index (κ1) is 16.4. The molecule has 4 nitrogen and oxygen atoms in total. The van der Waals surface area contributed by atoms with Gasteiger partial charge in [-0.05, 0) is 24.8 Å². The second-order valence-corrected chi connectivity index (χ2v) is 8.77. The van der Waals surface area contributed by atoms with E-state index in [9.17, 15) is 13.2 Å². The molecule has 1 N–H and O–H groups in total. The lowest BCUT2D eigenvalue weighted by atomic mass is 10.1. The van der Waals surface area contributed by atoms with Crippen LogP contribution in [-0.2, 0) is 20.4 Å². The van der Waals surface area contributed by atoms with E-state index in [2.05, 4.69) is 29.6 Å². The normalized spacial score (nSPS) is 20.3. The maximum atomic E-state index is 11.7. The predicted molar refractivity (Wildman–Crippen MR) is 87.1 cm³/mol. The highest BCUT2D eigenvalue weighted by molar-refractivity contribution is 7.99. The number of thioether (sulfide) groups is 1. The van der Waals surface area contributed by atoms with Crippen molar-refractivity contribution in [2.45, 2.75) is 19.1 Å². The topological polar surface area (TPSA) is 63.2 Å². The summed E-state index contributed by atoms with van der Waals surface area (Å²) in [5.74, 6) is 1.76. The molecule has 1 unspecified atom stereocenters. The molecule has 0 bridgehead atoms. The zero-order valence-electron chi connectivity index (χ0n) is 12.2. The largest absolute Gasteiger partial charge is 0.355 e. The Morgan fingerprint density at radius 3 is 2.67 bits per heavy atom. The van der Waals surface area contributed by atoms with Crippen molar-refractivity contribution in [3.8, 4) is 0 Å². The maximum Gasteiger partial charge on any atom is 0.230 e. The monoisotopic (exact) mass is 327 g/mol. The summed E-state index contributed by atoms with van der Waals surface area (Å²) in [6.45, 7) is 2.52. The average Bonchev–Trinajstić information content (AvgIpc) is 2.78. The van der Waals surface area contributed by atoms with Gasteiger partial charge in [0, 0.05) is 12.3 Å². The predicted octanol–water partition coefficient (Wildman–Crippen LogP) is 1.78. The second kappa shape index (κ2) is 7.31. The lowest BCUT2D eigenvalue weighted by Crippen LogP contribution is -2.31. The van der Waals surface area contributed by atoms with E-state index in [-0.39, 0.29) is 23.3 Å². The zero-order valence-corrected chi connectivity index (χ0v) is 13.8. The van der Waals surface area contributed by atoms with Gasteiger partial charge in [0.15, 0.2) is 9.84 Å². The van der Waals surface area contributed by atoms with E-state index in [1.54, 1.807) is 11.8 Å². The smallest absolute Gasteiger partial charge is 0.230 e. The van der Waals surface area contributed by atoms with Gasteiger partial charge < -0.3 is 5.32 Å². The standard InChI is InChI=1S/C15H21NO3S2/c1-12-2-4-13(5-3-12)9-20-10-15(17)16-8-14-6-7-21(18,19)11-14/h2-5,14H,6-11H2,1H3,(H,16,17). The quantitative estimate of drug-likeness (QED) is 0.865. The summed E-state index contributed by atoms with van der Waals surface area (Å²) in [5, 5.41) is 2.83. The van der Waals surface area contributed by atoms with E-state index in [0.29, 0.717) is 18.7 Å². The number of amides is 1. The van der Waals surface area contributed by atoms with Gasteiger partial charge >= 0.3 is 0 Å². The van der Waals surface area contributed by atoms with E-state index < -0.39 is 9.84 Å². The van der Waals surface area contributed by atoms with Gasteiger partial charge in [0.05, 0.1) is 17.3 Å². The van der Waals surface area contributed by atoms with Crippen LogP contribution in [0, 0.1) is 12.8 Å². The van der Waals surface area contributed by atoms with Crippen LogP contribution in [0.15, 0.2) is 24.3 Å². The Bertz CT molecular complexity index is 581. The summed E-state index contributed by atoms with van der Waals surface area (Å²) in [6, 6.07) is 8.28. The maximum absolute atomic E-state index is 11.7. The molecule has 0 spiro atoms. The van der Waals surface area contributed by atoms with Crippen molar-refractivity contribution in [3.05, 3.63) is 35.4 Å². The molecule has 1 aliphatic heterocycles. The Hall–Kier alpha value is -1.01. The number of rotatable bonds is 6. The number of hydrogen-bond donors (Lipinski definition) is 1. The third-order valence-corrected chi connectivity index (χ3v) is 6.38. The fourth-order valence-corrected chi connectivity index (χ4v) is 4.97. The van der Waals surface area contributed by atoms with Crippen LogP contribution in [-0.4, -0.2) is 38.1 Å². The van der Waals surface area contributed by atoms with Crippen molar-refractivity contribution in [3.63, 3.8) is 0 Å². The molecule has 0 aromatic heterocycles. The van der Waals surface area contributed by atoms with E-state index >= 15 is 0 Å². The third-order valence-electron chi connectivity index (χ3n) is 3.54. The summed E-state index contributed by atoms with van der Waals surface area (Å²) in [4.78, 5) is 11.7. The lowest BCUT2D eigenvalue weighted by Gasteiger charge is -2.09. The zero-order chi connectivity index (χ0) is 15.3. The van der Waals surface area contributed by atoms with Gasteiger partial charge in [0.2, 0.25) is 5.91 Å². The number of hydrogen-bond acceptors (Lipinski definition) is 4. The first-order valence-electron chi connectivity index (χ1n) is 7.05. The van der Waals surface area contributed by atoms with Gasteiger partial charge in [-0.15, -0.1) is 11.8 Å². The molecule has 6 heteroatoms. The molecule has 2 rings (SSSR count). The van der Waals surface area contributed by atoms with Crippen LogP contribution in [0.1, 0.15) is 17.5 Å². The van der Waals surface area contributed by atoms with E-state index in [0.717, 1.165) is 5.75 Å². The first-order valence-corrected chi connectivity index (χ1v) is 10.0. The SMILES string of the molecule is Cc1ccc(CSCC(=O)NCC2CCS(=O)(=O)C2)cc1. The molecule has 1 amide bonds. The van der Waals surface area contributed by atoms with Crippen LogP contribution >= 0.6 is 11.8 Å². The molecular weight excluding hydrogens is 306 g/mol. The molecule has 1 atom stereocenters. The molecule has 116 valence electrons. The summed E-state index contributed by atoms with van der Waals surface area (Å²) >= 11 is 1.57. The summed E-state index contributed by atoms with van der Waals surface area (Å²) in [6.07, 6.45) is 0.666. The van der Waals surface area contributed by atoms with E-state index in [4.69, 9.17) is 0 Å². The van der Waals surface area contributed by atoms with E-state index in [1.165, 1.54) is 11.1 Å². The van der Waals surface area contributed by atoms with Gasteiger partial charge in [0.1, 0.15) is 0 Å². The van der Waals surface area contributed by atoms with Crippen LogP contribution in [0.25, 0.3) is 0 Å². The van der Waals surface area contributed by atoms with Crippen molar-refractivity contribution < 1.29 is 13.2 Å². The third kappa shape index (κ3) is 5.71. The van der Waals surface area contributed by atoms with Gasteiger partial charge in [-0.2, -0.15) is 0 Å². The fraction of sp³-hybridized carbons (Fsp3) is 0.533. The highest BCUT2D eigenvalue weighted by atomic mass is 32.2. The molecule has 1 fully saturated rings. The number of carbonyl (C=O) groups is 1. The van der Waals surface area contributed by atoms with Crippen molar-refractivity contribution >= 4 is 27.5 Å². The molecule has 0 saturated carbocycles. The molecule has 1 heterocycles. The minimum atomic E-state index is -2.86. The lowest BCUT2D eigenvalue weighted by molar-refractivity contribution is -0.118. The van der Waals surface area contributed by atoms with Crippen molar-refractivity contribution in [2.75, 3.05) is 23.8 Å². The number of sulfone groups is 1.